The lowest BCUT2D eigenvalue weighted by molar-refractivity contribution is -0.385. The molecule has 1 aliphatic carbocycles. The van der Waals surface area contributed by atoms with Gasteiger partial charge in [-0.25, -0.2) is 13.6 Å². The molecule has 26 heavy (non-hydrogen) atoms. The molecule has 0 radical (unpaired) electrons. The van der Waals surface area contributed by atoms with Crippen molar-refractivity contribution in [2.45, 2.75) is 23.3 Å². The minimum atomic E-state index is -3.79. The quantitative estimate of drug-likeness (QED) is 0.489. The molecular weight excluding hydrogens is 354 g/mol. The van der Waals surface area contributed by atoms with Crippen LogP contribution in [0.15, 0.2) is 59.5 Å². The van der Waals surface area contributed by atoms with E-state index in [-0.39, 0.29) is 33.4 Å². The van der Waals surface area contributed by atoms with Crippen molar-refractivity contribution in [2.75, 3.05) is 5.32 Å². The Balaban J connectivity index is 1.83. The van der Waals surface area contributed by atoms with Crippen molar-refractivity contribution < 1.29 is 13.3 Å². The van der Waals surface area contributed by atoms with Crippen molar-refractivity contribution in [1.82, 2.24) is 0 Å². The fraction of sp³-hybridized carbons (Fsp3) is 0.222. The van der Waals surface area contributed by atoms with Gasteiger partial charge in [-0.1, -0.05) is 30.4 Å². The molecule has 0 saturated carbocycles. The van der Waals surface area contributed by atoms with Gasteiger partial charge in [0, 0.05) is 17.7 Å². The molecule has 7 nitrogen and oxygen atoms in total. The highest BCUT2D eigenvalue weighted by atomic mass is 32.2. The Labute approximate surface area is 150 Å². The number of sulfonamides is 1. The summed E-state index contributed by atoms with van der Waals surface area (Å²) in [5.41, 5.74) is 2.34. The first-order chi connectivity index (χ1) is 12.4. The molecule has 0 fully saturated rings. The first-order valence-electron chi connectivity index (χ1n) is 8.19. The van der Waals surface area contributed by atoms with E-state index >= 15 is 0 Å². The lowest BCUT2D eigenvalue weighted by Crippen LogP contribution is -2.30. The van der Waals surface area contributed by atoms with E-state index in [0.29, 0.717) is 5.56 Å². The zero-order valence-electron chi connectivity index (χ0n) is 13.7. The van der Waals surface area contributed by atoms with Crippen molar-refractivity contribution in [2.24, 2.45) is 11.1 Å². The van der Waals surface area contributed by atoms with Gasteiger partial charge >= 0.3 is 0 Å². The van der Waals surface area contributed by atoms with E-state index < -0.39 is 10.0 Å². The number of anilines is 1. The van der Waals surface area contributed by atoms with Gasteiger partial charge in [0.15, 0.2) is 0 Å². The smallest absolute Gasteiger partial charge is 0.274 e. The van der Waals surface area contributed by atoms with Crippen LogP contribution in [0.3, 0.4) is 0 Å². The van der Waals surface area contributed by atoms with Crippen molar-refractivity contribution >= 4 is 21.4 Å². The molecule has 2 aliphatic rings. The molecule has 1 heterocycles. The van der Waals surface area contributed by atoms with Gasteiger partial charge < -0.3 is 5.32 Å². The number of fused-ring (bicyclic) bond motifs is 3. The molecule has 1 aliphatic heterocycles. The fourth-order valence-corrected chi connectivity index (χ4v) is 4.52. The van der Waals surface area contributed by atoms with Gasteiger partial charge in [0.25, 0.3) is 5.69 Å². The van der Waals surface area contributed by atoms with Crippen LogP contribution in [0, 0.1) is 16.0 Å². The molecule has 134 valence electrons. The number of rotatable bonds is 3. The molecule has 4 rings (SSSR count). The van der Waals surface area contributed by atoms with Crippen LogP contribution < -0.4 is 10.5 Å². The number of hydrogen-bond donors (Lipinski definition) is 2. The summed E-state index contributed by atoms with van der Waals surface area (Å²) < 4.78 is 23.4. The molecule has 3 atom stereocenters. The van der Waals surface area contributed by atoms with Crippen molar-refractivity contribution in [3.05, 3.63) is 75.9 Å². The summed E-state index contributed by atoms with van der Waals surface area (Å²) in [7, 11) is -3.79. The minimum Gasteiger partial charge on any atom is -0.377 e. The lowest BCUT2D eigenvalue weighted by atomic mass is 9.76. The van der Waals surface area contributed by atoms with Crippen molar-refractivity contribution in [3.63, 3.8) is 0 Å². The van der Waals surface area contributed by atoms with Crippen LogP contribution in [0.25, 0.3) is 0 Å². The zero-order chi connectivity index (χ0) is 18.5. The molecule has 0 bridgehead atoms. The van der Waals surface area contributed by atoms with Gasteiger partial charge in [0.1, 0.15) is 0 Å². The van der Waals surface area contributed by atoms with Gasteiger partial charge in [0.05, 0.1) is 21.4 Å². The standard InChI is InChI=1S/C18H17N3O4S/c19-26(24,25)11-8-9-16-15(10-11)12-5-3-6-13(12)18(20-16)14-4-1-2-7-17(14)21(22)23/h1-5,7-10,12-13,18,20H,6H2,(H2,19,24,25)/t12-,13-,18+/m1/s1. The molecule has 0 unspecified atom stereocenters. The molecule has 0 amide bonds. The second-order valence-electron chi connectivity index (χ2n) is 6.59. The molecule has 0 spiro atoms. The molecule has 3 N–H and O–H groups in total. The molecule has 2 aromatic carbocycles. The highest BCUT2D eigenvalue weighted by Gasteiger charge is 2.40. The van der Waals surface area contributed by atoms with Crippen LogP contribution in [0.1, 0.15) is 29.5 Å². The maximum absolute atomic E-state index is 11.7. The van der Waals surface area contributed by atoms with Gasteiger partial charge in [0.2, 0.25) is 10.0 Å². The number of benzene rings is 2. The fourth-order valence-electron chi connectivity index (χ4n) is 3.97. The summed E-state index contributed by atoms with van der Waals surface area (Å²) in [4.78, 5) is 11.1. The molecule has 0 saturated heterocycles. The Bertz CT molecular complexity index is 1030. The lowest BCUT2D eigenvalue weighted by Gasteiger charge is -2.37. The Morgan fingerprint density at radius 1 is 1.15 bits per heavy atom. The van der Waals surface area contributed by atoms with E-state index in [1.165, 1.54) is 12.1 Å². The maximum Gasteiger partial charge on any atom is 0.274 e. The molecular formula is C18H17N3O4S. The normalized spacial score (nSPS) is 23.8. The van der Waals surface area contributed by atoms with Crippen LogP contribution in [0.4, 0.5) is 11.4 Å². The first kappa shape index (κ1) is 16.7. The van der Waals surface area contributed by atoms with E-state index in [1.54, 1.807) is 30.3 Å². The van der Waals surface area contributed by atoms with Gasteiger partial charge in [-0.2, -0.15) is 0 Å². The van der Waals surface area contributed by atoms with Crippen LogP contribution >= 0.6 is 0 Å². The summed E-state index contributed by atoms with van der Waals surface area (Å²) in [5, 5.41) is 20.1. The van der Waals surface area contributed by atoms with E-state index in [4.69, 9.17) is 5.14 Å². The van der Waals surface area contributed by atoms with Gasteiger partial charge in [-0.3, -0.25) is 10.1 Å². The zero-order valence-corrected chi connectivity index (χ0v) is 14.5. The van der Waals surface area contributed by atoms with E-state index in [9.17, 15) is 18.5 Å². The number of primary sulfonamides is 1. The van der Waals surface area contributed by atoms with E-state index in [0.717, 1.165) is 17.7 Å². The summed E-state index contributed by atoms with van der Waals surface area (Å²) in [6.07, 6.45) is 4.84. The third-order valence-electron chi connectivity index (χ3n) is 5.13. The van der Waals surface area contributed by atoms with E-state index in [1.807, 2.05) is 12.2 Å². The van der Waals surface area contributed by atoms with E-state index in [2.05, 4.69) is 5.32 Å². The third-order valence-corrected chi connectivity index (χ3v) is 6.04. The van der Waals surface area contributed by atoms with Crippen LogP contribution in [-0.2, 0) is 10.0 Å². The number of nitro benzene ring substituents is 1. The number of nitrogens with two attached hydrogens (primary N) is 1. The molecule has 2 aromatic rings. The minimum absolute atomic E-state index is 0.0160. The summed E-state index contributed by atoms with van der Waals surface area (Å²) in [5.74, 6) is 0.0529. The van der Waals surface area contributed by atoms with Crippen LogP contribution in [0.2, 0.25) is 0 Å². The largest absolute Gasteiger partial charge is 0.377 e. The average Bonchev–Trinajstić information content (AvgIpc) is 3.09. The predicted molar refractivity (Wildman–Crippen MR) is 97.3 cm³/mol. The highest BCUT2D eigenvalue weighted by molar-refractivity contribution is 7.89. The predicted octanol–water partition coefficient (Wildman–Crippen LogP) is 3.07. The van der Waals surface area contributed by atoms with Gasteiger partial charge in [-0.05, 0) is 36.1 Å². The number of nitrogens with one attached hydrogen (secondary N) is 1. The third kappa shape index (κ3) is 2.67. The topological polar surface area (TPSA) is 115 Å². The Morgan fingerprint density at radius 2 is 1.92 bits per heavy atom. The number of hydrogen-bond acceptors (Lipinski definition) is 5. The number of nitro groups is 1. The van der Waals surface area contributed by atoms with Gasteiger partial charge in [-0.15, -0.1) is 0 Å². The average molecular weight is 371 g/mol. The number of nitrogens with zero attached hydrogens (tertiary/aromatic N) is 1. The summed E-state index contributed by atoms with van der Waals surface area (Å²) >= 11 is 0. The monoisotopic (exact) mass is 371 g/mol. The summed E-state index contributed by atoms with van der Waals surface area (Å²) in [6, 6.07) is 11.2. The number of para-hydroxylation sites is 1. The van der Waals surface area contributed by atoms with Crippen molar-refractivity contribution in [1.29, 1.82) is 0 Å². The SMILES string of the molecule is NS(=O)(=O)c1ccc2c(c1)[C@@H]1C=CC[C@H]1[C@@H](c1ccccc1[N+](=O)[O-])N2. The summed E-state index contributed by atoms with van der Waals surface area (Å²) in [6.45, 7) is 0. The second kappa shape index (κ2) is 5.93. The Morgan fingerprint density at radius 3 is 2.65 bits per heavy atom. The second-order valence-corrected chi connectivity index (χ2v) is 8.15. The first-order valence-corrected chi connectivity index (χ1v) is 9.74. The maximum atomic E-state index is 11.7. The van der Waals surface area contributed by atoms with Crippen LogP contribution in [0.5, 0.6) is 0 Å². The highest BCUT2D eigenvalue weighted by Crippen LogP contribution is 2.51. The Hall–Kier alpha value is -2.71. The van der Waals surface area contributed by atoms with Crippen molar-refractivity contribution in [3.8, 4) is 0 Å². The molecule has 0 aromatic heterocycles. The Kier molecular flexibility index (Phi) is 3.82. The molecule has 8 heteroatoms. The van der Waals surface area contributed by atoms with Crippen LogP contribution in [-0.4, -0.2) is 13.3 Å². The number of allylic oxidation sites excluding steroid dienone is 2.